The molecule has 0 saturated heterocycles. The van der Waals surface area contributed by atoms with Gasteiger partial charge in [0.1, 0.15) is 0 Å². The summed E-state index contributed by atoms with van der Waals surface area (Å²) in [5.41, 5.74) is 1.28. The summed E-state index contributed by atoms with van der Waals surface area (Å²) in [7, 11) is 1.57. The van der Waals surface area contributed by atoms with Gasteiger partial charge in [-0.1, -0.05) is 6.92 Å². The van der Waals surface area contributed by atoms with Crippen LogP contribution in [-0.4, -0.2) is 41.6 Å². The third-order valence-electron chi connectivity index (χ3n) is 4.04. The van der Waals surface area contributed by atoms with E-state index >= 15 is 0 Å². The van der Waals surface area contributed by atoms with Crippen LogP contribution in [0.15, 0.2) is 30.5 Å². The average molecular weight is 333 g/mol. The lowest BCUT2D eigenvalue weighted by Crippen LogP contribution is -2.51. The van der Waals surface area contributed by atoms with Crippen LogP contribution < -0.4 is 10.6 Å². The number of urea groups is 1. The first-order valence-electron chi connectivity index (χ1n) is 8.29. The molecular weight excluding hydrogens is 306 g/mol. The second-order valence-electron chi connectivity index (χ2n) is 6.33. The molecular formula is C18H27N3O3. The molecule has 1 heterocycles. The van der Waals surface area contributed by atoms with Crippen molar-refractivity contribution < 1.29 is 14.6 Å². The standard InChI is InChI=1S/C18H27N3O3/c1-4-9-21-10-7-14-12-15(5-6-16(14)21)19-17(23)20-18(2,8-11-22)13-24-3/h5-7,10,12,22H,4,8-9,11,13H2,1-3H3,(H2,19,20,23). The van der Waals surface area contributed by atoms with Gasteiger partial charge in [-0.25, -0.2) is 4.79 Å². The van der Waals surface area contributed by atoms with Crippen LogP contribution in [0.2, 0.25) is 0 Å². The lowest BCUT2D eigenvalue weighted by molar-refractivity contribution is 0.104. The molecule has 24 heavy (non-hydrogen) atoms. The average Bonchev–Trinajstić information content (AvgIpc) is 2.90. The van der Waals surface area contributed by atoms with E-state index in [-0.39, 0.29) is 12.6 Å². The number of methoxy groups -OCH3 is 1. The summed E-state index contributed by atoms with van der Waals surface area (Å²) in [5.74, 6) is 0. The molecule has 0 aliphatic rings. The number of aryl methyl sites for hydroxylation is 1. The van der Waals surface area contributed by atoms with Gasteiger partial charge in [0.2, 0.25) is 0 Å². The van der Waals surface area contributed by atoms with E-state index in [0.29, 0.717) is 13.0 Å². The number of amides is 2. The van der Waals surface area contributed by atoms with Gasteiger partial charge in [-0.15, -0.1) is 0 Å². The van der Waals surface area contributed by atoms with Gasteiger partial charge < -0.3 is 25.0 Å². The fourth-order valence-corrected chi connectivity index (χ4v) is 2.89. The highest BCUT2D eigenvalue weighted by Crippen LogP contribution is 2.21. The lowest BCUT2D eigenvalue weighted by atomic mass is 10.00. The van der Waals surface area contributed by atoms with E-state index in [2.05, 4.69) is 34.4 Å². The number of hydrogen-bond acceptors (Lipinski definition) is 3. The Bertz CT molecular complexity index is 675. The van der Waals surface area contributed by atoms with Crippen molar-refractivity contribution in [3.63, 3.8) is 0 Å². The number of aliphatic hydroxyl groups is 1. The van der Waals surface area contributed by atoms with Crippen molar-refractivity contribution >= 4 is 22.6 Å². The Hall–Kier alpha value is -2.05. The van der Waals surface area contributed by atoms with Crippen molar-refractivity contribution in [2.75, 3.05) is 25.6 Å². The Morgan fingerprint density at radius 3 is 2.83 bits per heavy atom. The van der Waals surface area contributed by atoms with Crippen molar-refractivity contribution in [3.05, 3.63) is 30.5 Å². The van der Waals surface area contributed by atoms with E-state index in [9.17, 15) is 4.79 Å². The SMILES string of the molecule is CCCn1ccc2cc(NC(=O)NC(C)(CCO)COC)ccc21. The van der Waals surface area contributed by atoms with E-state index in [4.69, 9.17) is 9.84 Å². The van der Waals surface area contributed by atoms with Gasteiger partial charge in [-0.05, 0) is 44.0 Å². The van der Waals surface area contributed by atoms with E-state index in [1.165, 1.54) is 0 Å². The van der Waals surface area contributed by atoms with Crippen LogP contribution in [0.5, 0.6) is 0 Å². The van der Waals surface area contributed by atoms with Crippen molar-refractivity contribution in [2.24, 2.45) is 0 Å². The van der Waals surface area contributed by atoms with Gasteiger partial charge in [-0.3, -0.25) is 0 Å². The van der Waals surface area contributed by atoms with E-state index in [1.807, 2.05) is 25.1 Å². The van der Waals surface area contributed by atoms with Gasteiger partial charge in [0.25, 0.3) is 0 Å². The molecule has 132 valence electrons. The Morgan fingerprint density at radius 1 is 1.38 bits per heavy atom. The predicted molar refractivity (Wildman–Crippen MR) is 96.4 cm³/mol. The number of nitrogens with zero attached hydrogens (tertiary/aromatic N) is 1. The summed E-state index contributed by atoms with van der Waals surface area (Å²) in [6.45, 7) is 5.29. The number of fused-ring (bicyclic) bond motifs is 1. The Morgan fingerprint density at radius 2 is 2.17 bits per heavy atom. The topological polar surface area (TPSA) is 75.5 Å². The van der Waals surface area contributed by atoms with Crippen LogP contribution in [-0.2, 0) is 11.3 Å². The minimum absolute atomic E-state index is 0.0168. The first-order valence-corrected chi connectivity index (χ1v) is 8.29. The molecule has 2 aromatic rings. The smallest absolute Gasteiger partial charge is 0.319 e. The Labute approximate surface area is 142 Å². The van der Waals surface area contributed by atoms with Gasteiger partial charge >= 0.3 is 6.03 Å². The number of rotatable bonds is 8. The van der Waals surface area contributed by atoms with Crippen molar-refractivity contribution in [1.29, 1.82) is 0 Å². The molecule has 0 aliphatic heterocycles. The zero-order valence-corrected chi connectivity index (χ0v) is 14.6. The second-order valence-corrected chi connectivity index (χ2v) is 6.33. The molecule has 1 aromatic carbocycles. The maximum Gasteiger partial charge on any atom is 0.319 e. The largest absolute Gasteiger partial charge is 0.396 e. The molecule has 1 unspecified atom stereocenters. The third kappa shape index (κ3) is 4.49. The molecule has 0 fully saturated rings. The number of anilines is 1. The molecule has 0 aliphatic carbocycles. The van der Waals surface area contributed by atoms with Crippen LogP contribution in [0.3, 0.4) is 0 Å². The van der Waals surface area contributed by atoms with Crippen molar-refractivity contribution in [3.8, 4) is 0 Å². The molecule has 0 radical (unpaired) electrons. The van der Waals surface area contributed by atoms with Crippen LogP contribution in [0, 0.1) is 0 Å². The highest BCUT2D eigenvalue weighted by molar-refractivity contribution is 5.93. The van der Waals surface area contributed by atoms with Crippen molar-refractivity contribution in [2.45, 2.75) is 38.8 Å². The van der Waals surface area contributed by atoms with Gasteiger partial charge in [0, 0.05) is 43.0 Å². The summed E-state index contributed by atoms with van der Waals surface area (Å²) in [4.78, 5) is 12.3. The maximum atomic E-state index is 12.3. The summed E-state index contributed by atoms with van der Waals surface area (Å²) in [6.07, 6.45) is 3.57. The lowest BCUT2D eigenvalue weighted by Gasteiger charge is -2.29. The Kier molecular flexibility index (Phi) is 6.23. The van der Waals surface area contributed by atoms with Crippen LogP contribution in [0.25, 0.3) is 10.9 Å². The number of carbonyl (C=O) groups excluding carboxylic acids is 1. The van der Waals surface area contributed by atoms with Crippen molar-refractivity contribution in [1.82, 2.24) is 9.88 Å². The Balaban J connectivity index is 2.07. The fraction of sp³-hybridized carbons (Fsp3) is 0.500. The van der Waals surface area contributed by atoms with Gasteiger partial charge in [0.15, 0.2) is 0 Å². The van der Waals surface area contributed by atoms with Crippen LogP contribution >= 0.6 is 0 Å². The van der Waals surface area contributed by atoms with Gasteiger partial charge in [0.05, 0.1) is 12.1 Å². The van der Waals surface area contributed by atoms with Gasteiger partial charge in [-0.2, -0.15) is 0 Å². The molecule has 1 atom stereocenters. The molecule has 2 rings (SSSR count). The predicted octanol–water partition coefficient (Wildman–Crippen LogP) is 2.96. The highest BCUT2D eigenvalue weighted by Gasteiger charge is 2.25. The summed E-state index contributed by atoms with van der Waals surface area (Å²) < 4.78 is 7.34. The molecule has 1 aromatic heterocycles. The summed E-state index contributed by atoms with van der Waals surface area (Å²) in [6, 6.07) is 7.61. The minimum atomic E-state index is -0.609. The summed E-state index contributed by atoms with van der Waals surface area (Å²) >= 11 is 0. The first-order chi connectivity index (χ1) is 11.5. The van der Waals surface area contributed by atoms with E-state index < -0.39 is 5.54 Å². The quantitative estimate of drug-likeness (QED) is 0.695. The number of aromatic nitrogens is 1. The molecule has 6 heteroatoms. The fourth-order valence-electron chi connectivity index (χ4n) is 2.89. The highest BCUT2D eigenvalue weighted by atomic mass is 16.5. The zero-order chi connectivity index (χ0) is 17.6. The third-order valence-corrected chi connectivity index (χ3v) is 4.04. The number of nitrogens with one attached hydrogen (secondary N) is 2. The number of hydrogen-bond donors (Lipinski definition) is 3. The normalized spacial score (nSPS) is 13.7. The number of benzene rings is 1. The van der Waals surface area contributed by atoms with E-state index in [1.54, 1.807) is 7.11 Å². The monoisotopic (exact) mass is 333 g/mol. The molecule has 0 saturated carbocycles. The molecule has 0 bridgehead atoms. The molecule has 0 spiro atoms. The second kappa shape index (κ2) is 8.17. The molecule has 3 N–H and O–H groups in total. The molecule has 2 amide bonds. The first kappa shape index (κ1) is 18.3. The van der Waals surface area contributed by atoms with Crippen LogP contribution in [0.1, 0.15) is 26.7 Å². The van der Waals surface area contributed by atoms with E-state index in [0.717, 1.165) is 29.6 Å². The maximum absolute atomic E-state index is 12.3. The zero-order valence-electron chi connectivity index (χ0n) is 14.6. The van der Waals surface area contributed by atoms with Crippen LogP contribution in [0.4, 0.5) is 10.5 Å². The minimum Gasteiger partial charge on any atom is -0.396 e. The molecule has 6 nitrogen and oxygen atoms in total. The summed E-state index contributed by atoms with van der Waals surface area (Å²) in [5, 5.41) is 16.0. The number of carbonyl (C=O) groups is 1. The number of ether oxygens (including phenoxy) is 1. The number of aliphatic hydroxyl groups excluding tert-OH is 1.